The number of hydrogen-bond acceptors (Lipinski definition) is 6. The van der Waals surface area contributed by atoms with Crippen LogP contribution in [0.2, 0.25) is 5.02 Å². The Hall–Kier alpha value is -2.28. The van der Waals surface area contributed by atoms with E-state index in [0.717, 1.165) is 40.8 Å². The van der Waals surface area contributed by atoms with E-state index in [1.54, 1.807) is 32.4 Å². The SMILES string of the molecule is CCN1CCCC([C@@H](C)Nc2c(Cl)cnc3ccc(-c4cnc(C(C)(C)O)nc4)cc23)C1. The van der Waals surface area contributed by atoms with Crippen LogP contribution < -0.4 is 5.32 Å². The molecule has 2 aromatic heterocycles. The maximum atomic E-state index is 10.1. The monoisotopic (exact) mass is 453 g/mol. The molecule has 0 bridgehead atoms. The van der Waals surface area contributed by atoms with E-state index in [2.05, 4.69) is 45.1 Å². The first-order valence-corrected chi connectivity index (χ1v) is 11.8. The van der Waals surface area contributed by atoms with Gasteiger partial charge < -0.3 is 15.3 Å². The van der Waals surface area contributed by atoms with Crippen LogP contribution in [-0.2, 0) is 5.60 Å². The topological polar surface area (TPSA) is 74.2 Å². The summed E-state index contributed by atoms with van der Waals surface area (Å²) in [6.07, 6.45) is 7.67. The number of likely N-dealkylation sites (tertiary alicyclic amines) is 1. The van der Waals surface area contributed by atoms with Crippen molar-refractivity contribution in [1.82, 2.24) is 19.9 Å². The van der Waals surface area contributed by atoms with Crippen molar-refractivity contribution < 1.29 is 5.11 Å². The zero-order chi connectivity index (χ0) is 22.9. The molecule has 2 atom stereocenters. The fourth-order valence-electron chi connectivity index (χ4n) is 4.42. The van der Waals surface area contributed by atoms with E-state index < -0.39 is 5.60 Å². The van der Waals surface area contributed by atoms with E-state index in [0.29, 0.717) is 22.8 Å². The summed E-state index contributed by atoms with van der Waals surface area (Å²) in [4.78, 5) is 15.7. The Kier molecular flexibility index (Phi) is 6.65. The largest absolute Gasteiger partial charge is 0.382 e. The van der Waals surface area contributed by atoms with E-state index >= 15 is 0 Å². The van der Waals surface area contributed by atoms with Crippen molar-refractivity contribution in [3.63, 3.8) is 0 Å². The molecule has 3 aromatic rings. The lowest BCUT2D eigenvalue weighted by Gasteiger charge is -2.36. The lowest BCUT2D eigenvalue weighted by molar-refractivity contribution is 0.0687. The molecule has 2 N–H and O–H groups in total. The van der Waals surface area contributed by atoms with Gasteiger partial charge in [-0.1, -0.05) is 24.6 Å². The fraction of sp³-hybridized carbons (Fsp3) is 0.480. The molecule has 1 unspecified atom stereocenters. The summed E-state index contributed by atoms with van der Waals surface area (Å²) in [6.45, 7) is 11.2. The van der Waals surface area contributed by atoms with Gasteiger partial charge in [0.25, 0.3) is 0 Å². The number of halogens is 1. The highest BCUT2D eigenvalue weighted by Crippen LogP contribution is 2.34. The average Bonchev–Trinajstić information content (AvgIpc) is 2.80. The van der Waals surface area contributed by atoms with E-state index in [9.17, 15) is 5.11 Å². The first-order chi connectivity index (χ1) is 15.3. The van der Waals surface area contributed by atoms with E-state index in [4.69, 9.17) is 11.6 Å². The summed E-state index contributed by atoms with van der Waals surface area (Å²) in [7, 11) is 0. The predicted octanol–water partition coefficient (Wildman–Crippen LogP) is 5.10. The van der Waals surface area contributed by atoms with Crippen LogP contribution in [0.3, 0.4) is 0 Å². The molecule has 0 spiro atoms. The third-order valence-electron chi connectivity index (χ3n) is 6.42. The normalized spacial score (nSPS) is 18.6. The molecule has 7 heteroatoms. The van der Waals surface area contributed by atoms with Gasteiger partial charge >= 0.3 is 0 Å². The molecule has 4 rings (SSSR count). The number of fused-ring (bicyclic) bond motifs is 1. The Balaban J connectivity index is 1.65. The number of anilines is 1. The number of aliphatic hydroxyl groups is 1. The highest BCUT2D eigenvalue weighted by atomic mass is 35.5. The number of piperidine rings is 1. The second-order valence-corrected chi connectivity index (χ2v) is 9.70. The molecule has 0 aliphatic carbocycles. The van der Waals surface area contributed by atoms with Crippen molar-refractivity contribution in [2.45, 2.75) is 52.2 Å². The highest BCUT2D eigenvalue weighted by molar-refractivity contribution is 6.34. The molecule has 1 saturated heterocycles. The van der Waals surface area contributed by atoms with Crippen molar-refractivity contribution in [2.24, 2.45) is 5.92 Å². The second kappa shape index (κ2) is 9.30. The van der Waals surface area contributed by atoms with Gasteiger partial charge in [-0.25, -0.2) is 9.97 Å². The van der Waals surface area contributed by atoms with E-state index in [1.807, 2.05) is 12.1 Å². The smallest absolute Gasteiger partial charge is 0.159 e. The summed E-state index contributed by atoms with van der Waals surface area (Å²) in [5.74, 6) is 0.977. The lowest BCUT2D eigenvalue weighted by Crippen LogP contribution is -2.41. The molecule has 6 nitrogen and oxygen atoms in total. The average molecular weight is 454 g/mol. The molecule has 0 saturated carbocycles. The molecule has 3 heterocycles. The zero-order valence-corrected chi connectivity index (χ0v) is 20.0. The number of aromatic nitrogens is 3. The van der Waals surface area contributed by atoms with Crippen molar-refractivity contribution in [1.29, 1.82) is 0 Å². The van der Waals surface area contributed by atoms with Crippen molar-refractivity contribution in [2.75, 3.05) is 25.0 Å². The first-order valence-electron chi connectivity index (χ1n) is 11.4. The standard InChI is InChI=1S/C25H32ClN5O/c1-5-31-10-6-7-18(15-31)16(2)30-23-20-11-17(8-9-22(20)27-14-21(23)26)19-12-28-24(29-13-19)25(3,4)32/h8-9,11-14,16,18,32H,5-7,10,15H2,1-4H3,(H,27,30)/t16-,18?/m1/s1. The minimum absolute atomic E-state index is 0.297. The molecule has 1 aliphatic heterocycles. The predicted molar refractivity (Wildman–Crippen MR) is 131 cm³/mol. The molecule has 0 amide bonds. The number of nitrogens with zero attached hydrogens (tertiary/aromatic N) is 4. The Bertz CT molecular complexity index is 1080. The Morgan fingerprint density at radius 1 is 1.19 bits per heavy atom. The zero-order valence-electron chi connectivity index (χ0n) is 19.3. The highest BCUT2D eigenvalue weighted by Gasteiger charge is 2.25. The fourth-order valence-corrected chi connectivity index (χ4v) is 4.62. The van der Waals surface area contributed by atoms with Crippen LogP contribution in [0.15, 0.2) is 36.8 Å². The van der Waals surface area contributed by atoms with Gasteiger partial charge in [0.2, 0.25) is 0 Å². The molecule has 170 valence electrons. The lowest BCUT2D eigenvalue weighted by atomic mass is 9.91. The van der Waals surface area contributed by atoms with Crippen molar-refractivity contribution in [3.8, 4) is 11.1 Å². The Morgan fingerprint density at radius 3 is 2.62 bits per heavy atom. The van der Waals surface area contributed by atoms with Crippen LogP contribution in [0, 0.1) is 5.92 Å². The maximum absolute atomic E-state index is 10.1. The Morgan fingerprint density at radius 2 is 1.94 bits per heavy atom. The summed E-state index contributed by atoms with van der Waals surface area (Å²) >= 11 is 6.62. The second-order valence-electron chi connectivity index (χ2n) is 9.30. The summed E-state index contributed by atoms with van der Waals surface area (Å²) in [5.41, 5.74) is 2.60. The van der Waals surface area contributed by atoms with Gasteiger partial charge in [-0.3, -0.25) is 4.98 Å². The number of benzene rings is 1. The van der Waals surface area contributed by atoms with Crippen molar-refractivity contribution in [3.05, 3.63) is 47.6 Å². The van der Waals surface area contributed by atoms with Gasteiger partial charge in [0.05, 0.1) is 16.2 Å². The summed E-state index contributed by atoms with van der Waals surface area (Å²) in [6, 6.07) is 6.40. The maximum Gasteiger partial charge on any atom is 0.159 e. The van der Waals surface area contributed by atoms with Gasteiger partial charge in [-0.05, 0) is 70.3 Å². The van der Waals surface area contributed by atoms with E-state index in [-0.39, 0.29) is 0 Å². The Labute approximate surface area is 195 Å². The number of pyridine rings is 1. The van der Waals surface area contributed by atoms with Gasteiger partial charge in [0, 0.05) is 42.1 Å². The summed E-state index contributed by atoms with van der Waals surface area (Å²) in [5, 5.41) is 15.4. The van der Waals surface area contributed by atoms with Gasteiger partial charge in [0.15, 0.2) is 5.82 Å². The number of nitrogens with one attached hydrogen (secondary N) is 1. The van der Waals surface area contributed by atoms with Crippen LogP contribution in [0.25, 0.3) is 22.0 Å². The minimum Gasteiger partial charge on any atom is -0.382 e. The quantitative estimate of drug-likeness (QED) is 0.540. The van der Waals surface area contributed by atoms with Gasteiger partial charge in [0.1, 0.15) is 5.60 Å². The first kappa shape index (κ1) is 22.9. The van der Waals surface area contributed by atoms with Crippen LogP contribution >= 0.6 is 11.6 Å². The van der Waals surface area contributed by atoms with Crippen LogP contribution in [0.1, 0.15) is 46.4 Å². The number of hydrogen-bond donors (Lipinski definition) is 2. The minimum atomic E-state index is -1.07. The third-order valence-corrected chi connectivity index (χ3v) is 6.71. The molecular weight excluding hydrogens is 422 g/mol. The number of rotatable bonds is 6. The van der Waals surface area contributed by atoms with E-state index in [1.165, 1.54) is 19.4 Å². The molecule has 0 radical (unpaired) electrons. The van der Waals surface area contributed by atoms with Crippen LogP contribution in [0.4, 0.5) is 5.69 Å². The molecular formula is C25H32ClN5O. The van der Waals surface area contributed by atoms with Crippen LogP contribution in [-0.4, -0.2) is 50.6 Å². The van der Waals surface area contributed by atoms with Gasteiger partial charge in [-0.15, -0.1) is 0 Å². The molecule has 1 aliphatic rings. The van der Waals surface area contributed by atoms with Crippen molar-refractivity contribution >= 4 is 28.2 Å². The van der Waals surface area contributed by atoms with Crippen LogP contribution in [0.5, 0.6) is 0 Å². The molecule has 1 aromatic carbocycles. The summed E-state index contributed by atoms with van der Waals surface area (Å²) < 4.78 is 0. The molecule has 1 fully saturated rings. The van der Waals surface area contributed by atoms with Gasteiger partial charge in [-0.2, -0.15) is 0 Å². The third kappa shape index (κ3) is 4.87. The molecule has 32 heavy (non-hydrogen) atoms.